The van der Waals surface area contributed by atoms with Crippen molar-refractivity contribution in [3.63, 3.8) is 0 Å². The van der Waals surface area contributed by atoms with Crippen molar-refractivity contribution in [2.75, 3.05) is 30.5 Å². The molecule has 13 heteroatoms. The third kappa shape index (κ3) is 6.47. The molecule has 2 N–H and O–H groups in total. The maximum atomic E-state index is 13.2. The summed E-state index contributed by atoms with van der Waals surface area (Å²) in [5.41, 5.74) is 0.313. The van der Waals surface area contributed by atoms with Crippen LogP contribution in [0.25, 0.3) is 6.08 Å². The molecule has 1 aliphatic rings. The van der Waals surface area contributed by atoms with Gasteiger partial charge in [0.25, 0.3) is 23.4 Å². The number of nitro groups is 1. The molecule has 3 aromatic carbocycles. The normalized spacial score (nSPS) is 14.0. The van der Waals surface area contributed by atoms with E-state index in [-0.39, 0.29) is 41.7 Å². The number of nitrogens with one attached hydrogen (secondary N) is 2. The van der Waals surface area contributed by atoms with Crippen molar-refractivity contribution in [3.05, 3.63) is 88.0 Å². The summed E-state index contributed by atoms with van der Waals surface area (Å²) in [6.07, 6.45) is 1.27. The fourth-order valence-corrected chi connectivity index (χ4v) is 3.86. The van der Waals surface area contributed by atoms with Crippen molar-refractivity contribution in [2.24, 2.45) is 0 Å². The van der Waals surface area contributed by atoms with Gasteiger partial charge in [-0.3, -0.25) is 29.8 Å². The molecule has 0 unspecified atom stereocenters. The minimum Gasteiger partial charge on any atom is -0.495 e. The van der Waals surface area contributed by atoms with Crippen LogP contribution in [0.5, 0.6) is 17.2 Å². The number of methoxy groups -OCH3 is 1. The first-order valence-electron chi connectivity index (χ1n) is 12.2. The lowest BCUT2D eigenvalue weighted by molar-refractivity contribution is -0.384. The molecule has 5 amide bonds. The van der Waals surface area contributed by atoms with Crippen molar-refractivity contribution in [1.82, 2.24) is 5.32 Å². The van der Waals surface area contributed by atoms with Crippen LogP contribution in [0.4, 0.5) is 21.9 Å². The van der Waals surface area contributed by atoms with Crippen molar-refractivity contribution in [3.8, 4) is 17.2 Å². The number of nitrogens with zero attached hydrogens (tertiary/aromatic N) is 2. The quantitative estimate of drug-likeness (QED) is 0.163. The number of ether oxygens (including phenoxy) is 3. The van der Waals surface area contributed by atoms with E-state index in [2.05, 4.69) is 10.6 Å². The van der Waals surface area contributed by atoms with E-state index in [4.69, 9.17) is 14.2 Å². The predicted molar refractivity (Wildman–Crippen MR) is 147 cm³/mol. The predicted octanol–water partition coefficient (Wildman–Crippen LogP) is 3.69. The molecule has 0 spiro atoms. The van der Waals surface area contributed by atoms with Gasteiger partial charge in [0.1, 0.15) is 11.3 Å². The number of anilines is 2. The first kappa shape index (κ1) is 28.3. The Morgan fingerprint density at radius 1 is 1.00 bits per heavy atom. The van der Waals surface area contributed by atoms with Crippen molar-refractivity contribution in [2.45, 2.75) is 6.92 Å². The molecule has 210 valence electrons. The SMILES string of the molecule is CCOc1cc(/C=C2/C(=O)NC(=O)N(c3ccc([N+](=O)[O-])cc3)C2=O)ccc1OCC(=O)Nc1ccccc1OC. The van der Waals surface area contributed by atoms with E-state index in [0.717, 1.165) is 12.1 Å². The lowest BCUT2D eigenvalue weighted by Crippen LogP contribution is -2.54. The van der Waals surface area contributed by atoms with E-state index in [9.17, 15) is 29.3 Å². The molecule has 1 aliphatic heterocycles. The van der Waals surface area contributed by atoms with Crippen LogP contribution in [-0.4, -0.2) is 49.0 Å². The second-order valence-corrected chi connectivity index (χ2v) is 8.41. The molecule has 0 saturated carbocycles. The van der Waals surface area contributed by atoms with Crippen molar-refractivity contribution in [1.29, 1.82) is 0 Å². The maximum Gasteiger partial charge on any atom is 0.335 e. The number of carbonyl (C=O) groups is 4. The van der Waals surface area contributed by atoms with Crippen LogP contribution in [0, 0.1) is 10.1 Å². The number of carbonyl (C=O) groups excluding carboxylic acids is 4. The minimum absolute atomic E-state index is 0.0432. The summed E-state index contributed by atoms with van der Waals surface area (Å²) in [4.78, 5) is 61.6. The first-order valence-corrected chi connectivity index (χ1v) is 12.2. The van der Waals surface area contributed by atoms with Crippen LogP contribution < -0.4 is 29.7 Å². The van der Waals surface area contributed by atoms with Crippen molar-refractivity contribution >= 4 is 46.9 Å². The summed E-state index contributed by atoms with van der Waals surface area (Å²) >= 11 is 0. The number of urea groups is 1. The number of hydrogen-bond acceptors (Lipinski definition) is 9. The number of nitro benzene ring substituents is 1. The Balaban J connectivity index is 1.53. The zero-order valence-corrected chi connectivity index (χ0v) is 21.9. The van der Waals surface area contributed by atoms with E-state index >= 15 is 0 Å². The molecular weight excluding hydrogens is 536 g/mol. The second kappa shape index (κ2) is 12.4. The zero-order valence-electron chi connectivity index (χ0n) is 21.9. The van der Waals surface area contributed by atoms with Gasteiger partial charge in [-0.1, -0.05) is 18.2 Å². The fraction of sp³-hybridized carbons (Fsp3) is 0.143. The highest BCUT2D eigenvalue weighted by atomic mass is 16.6. The van der Waals surface area contributed by atoms with E-state index in [1.54, 1.807) is 31.2 Å². The monoisotopic (exact) mass is 560 g/mol. The topological polar surface area (TPSA) is 166 Å². The van der Waals surface area contributed by atoms with Crippen LogP contribution >= 0.6 is 0 Å². The van der Waals surface area contributed by atoms with Gasteiger partial charge < -0.3 is 19.5 Å². The number of rotatable bonds is 10. The Morgan fingerprint density at radius 2 is 1.73 bits per heavy atom. The zero-order chi connectivity index (χ0) is 29.5. The highest BCUT2D eigenvalue weighted by Crippen LogP contribution is 2.31. The highest BCUT2D eigenvalue weighted by molar-refractivity contribution is 6.39. The molecule has 3 aromatic rings. The third-order valence-corrected chi connectivity index (χ3v) is 5.74. The molecule has 0 bridgehead atoms. The molecule has 0 aliphatic carbocycles. The minimum atomic E-state index is -0.990. The van der Waals surface area contributed by atoms with E-state index in [1.807, 2.05) is 0 Å². The summed E-state index contributed by atoms with van der Waals surface area (Å²) in [6, 6.07) is 15.2. The molecule has 0 radical (unpaired) electrons. The lowest BCUT2D eigenvalue weighted by atomic mass is 10.1. The fourth-order valence-electron chi connectivity index (χ4n) is 3.86. The molecule has 1 fully saturated rings. The van der Waals surface area contributed by atoms with E-state index < -0.39 is 28.7 Å². The Bertz CT molecular complexity index is 1550. The molecule has 0 atom stereocenters. The van der Waals surface area contributed by atoms with Gasteiger partial charge in [-0.2, -0.15) is 0 Å². The van der Waals surface area contributed by atoms with Crippen molar-refractivity contribution < 1.29 is 38.3 Å². The van der Waals surface area contributed by atoms with Crippen LogP contribution in [-0.2, 0) is 14.4 Å². The average Bonchev–Trinajstić information content (AvgIpc) is 2.95. The number of hydrogen-bond donors (Lipinski definition) is 2. The van der Waals surface area contributed by atoms with Gasteiger partial charge >= 0.3 is 6.03 Å². The van der Waals surface area contributed by atoms with Crippen LogP contribution in [0.3, 0.4) is 0 Å². The number of para-hydroxylation sites is 2. The van der Waals surface area contributed by atoms with Gasteiger partial charge in [-0.15, -0.1) is 0 Å². The molecule has 0 aromatic heterocycles. The Morgan fingerprint density at radius 3 is 2.41 bits per heavy atom. The lowest BCUT2D eigenvalue weighted by Gasteiger charge is -2.26. The van der Waals surface area contributed by atoms with Gasteiger partial charge in [0.15, 0.2) is 18.1 Å². The van der Waals surface area contributed by atoms with Gasteiger partial charge in [0.2, 0.25) is 0 Å². The summed E-state index contributed by atoms with van der Waals surface area (Å²) in [6.45, 7) is 1.66. The molecular formula is C28H24N4O9. The highest BCUT2D eigenvalue weighted by Gasteiger charge is 2.37. The Kier molecular flexibility index (Phi) is 8.57. The summed E-state index contributed by atoms with van der Waals surface area (Å²) in [5, 5.41) is 15.7. The number of amides is 5. The Hall–Kier alpha value is -5.72. The third-order valence-electron chi connectivity index (χ3n) is 5.74. The standard InChI is InChI=1S/C28H24N4O9/c1-3-40-24-15-17(8-13-23(24)41-16-25(33)29-21-6-4-5-7-22(21)39-2)14-20-26(34)30-28(36)31(27(20)35)18-9-11-19(12-10-18)32(37)38/h4-15H,3,16H2,1-2H3,(H,29,33)(H,30,34,36)/b20-14-. The van der Waals surface area contributed by atoms with E-state index in [1.165, 1.54) is 43.5 Å². The molecule has 41 heavy (non-hydrogen) atoms. The summed E-state index contributed by atoms with van der Waals surface area (Å²) < 4.78 is 16.5. The number of barbiturate groups is 1. The van der Waals surface area contributed by atoms with Gasteiger partial charge in [0, 0.05) is 12.1 Å². The van der Waals surface area contributed by atoms with Gasteiger partial charge in [-0.05, 0) is 55.0 Å². The first-order chi connectivity index (χ1) is 19.7. The number of non-ortho nitro benzene ring substituents is 1. The largest absolute Gasteiger partial charge is 0.495 e. The summed E-state index contributed by atoms with van der Waals surface area (Å²) in [7, 11) is 1.49. The maximum absolute atomic E-state index is 13.2. The summed E-state index contributed by atoms with van der Waals surface area (Å²) in [5.74, 6) is -1.29. The average molecular weight is 561 g/mol. The number of benzene rings is 3. The number of imide groups is 2. The molecule has 1 saturated heterocycles. The molecule has 4 rings (SSSR count). The second-order valence-electron chi connectivity index (χ2n) is 8.41. The van der Waals surface area contributed by atoms with Gasteiger partial charge in [0.05, 0.1) is 30.0 Å². The smallest absolute Gasteiger partial charge is 0.335 e. The Labute approximate surface area is 233 Å². The molecule has 1 heterocycles. The van der Waals surface area contributed by atoms with E-state index in [0.29, 0.717) is 21.9 Å². The molecule has 13 nitrogen and oxygen atoms in total. The van der Waals surface area contributed by atoms with Crippen LogP contribution in [0.15, 0.2) is 72.3 Å². The van der Waals surface area contributed by atoms with Gasteiger partial charge in [-0.25, -0.2) is 9.69 Å². The van der Waals surface area contributed by atoms with Crippen LogP contribution in [0.1, 0.15) is 12.5 Å². The van der Waals surface area contributed by atoms with Crippen LogP contribution in [0.2, 0.25) is 0 Å².